The highest BCUT2D eigenvalue weighted by atomic mass is 16.6. The number of hydrogen-bond acceptors (Lipinski definition) is 3. The van der Waals surface area contributed by atoms with Gasteiger partial charge in [-0.2, -0.15) is 0 Å². The Bertz CT molecular complexity index is 640. The maximum absolute atomic E-state index is 12.2. The van der Waals surface area contributed by atoms with Crippen LogP contribution in [0.15, 0.2) is 48.5 Å². The van der Waals surface area contributed by atoms with Gasteiger partial charge >= 0.3 is 6.09 Å². The zero-order valence-electron chi connectivity index (χ0n) is 11.9. The van der Waals surface area contributed by atoms with Crippen LogP contribution in [0.25, 0.3) is 0 Å². The second kappa shape index (κ2) is 5.87. The molecule has 0 radical (unpaired) electrons. The molecule has 3 rings (SSSR count). The van der Waals surface area contributed by atoms with Gasteiger partial charge in [-0.05, 0) is 35.7 Å². The molecule has 0 fully saturated rings. The fraction of sp³-hybridized carbons (Fsp3) is 0.235. The van der Waals surface area contributed by atoms with Crippen molar-refractivity contribution < 1.29 is 14.3 Å². The Hall–Kier alpha value is -2.49. The van der Waals surface area contributed by atoms with Gasteiger partial charge in [0.1, 0.15) is 12.4 Å². The van der Waals surface area contributed by atoms with Crippen LogP contribution >= 0.6 is 0 Å². The van der Waals surface area contributed by atoms with Crippen LogP contribution in [0.3, 0.4) is 0 Å². The first-order valence-corrected chi connectivity index (χ1v) is 6.93. The lowest BCUT2D eigenvalue weighted by atomic mass is 10.1. The quantitative estimate of drug-likeness (QED) is 0.866. The zero-order valence-corrected chi connectivity index (χ0v) is 11.9. The fourth-order valence-electron chi connectivity index (χ4n) is 2.49. The maximum atomic E-state index is 12.2. The lowest BCUT2D eigenvalue weighted by molar-refractivity contribution is 0.147. The molecule has 1 amide bonds. The first-order chi connectivity index (χ1) is 10.3. The first kappa shape index (κ1) is 13.5. The highest BCUT2D eigenvalue weighted by molar-refractivity contribution is 5.90. The van der Waals surface area contributed by atoms with Gasteiger partial charge in [-0.1, -0.05) is 30.3 Å². The summed E-state index contributed by atoms with van der Waals surface area (Å²) in [7, 11) is 1.64. The molecule has 4 heteroatoms. The van der Waals surface area contributed by atoms with E-state index < -0.39 is 0 Å². The molecule has 1 aliphatic heterocycles. The number of carbonyl (C=O) groups excluding carboxylic acids is 1. The maximum Gasteiger partial charge on any atom is 0.414 e. The van der Waals surface area contributed by atoms with E-state index in [1.54, 1.807) is 12.0 Å². The SMILES string of the molecule is COc1ccc2c(c1)CCN2C(=O)OCc1ccccc1. The van der Waals surface area contributed by atoms with Gasteiger partial charge in [-0.25, -0.2) is 4.79 Å². The summed E-state index contributed by atoms with van der Waals surface area (Å²) in [4.78, 5) is 13.9. The van der Waals surface area contributed by atoms with E-state index in [-0.39, 0.29) is 6.09 Å². The summed E-state index contributed by atoms with van der Waals surface area (Å²) in [6, 6.07) is 15.4. The average Bonchev–Trinajstić information content (AvgIpc) is 2.96. The lowest BCUT2D eigenvalue weighted by Gasteiger charge is -2.17. The third kappa shape index (κ3) is 2.84. The Balaban J connectivity index is 1.68. The van der Waals surface area contributed by atoms with Crippen molar-refractivity contribution in [1.82, 2.24) is 0 Å². The smallest absolute Gasteiger partial charge is 0.414 e. The Morgan fingerprint density at radius 3 is 2.76 bits per heavy atom. The number of carbonyl (C=O) groups is 1. The summed E-state index contributed by atoms with van der Waals surface area (Å²) in [6.07, 6.45) is 0.523. The summed E-state index contributed by atoms with van der Waals surface area (Å²) in [5.74, 6) is 0.813. The molecular weight excluding hydrogens is 266 g/mol. The number of ether oxygens (including phenoxy) is 2. The highest BCUT2D eigenvalue weighted by Crippen LogP contribution is 2.31. The Morgan fingerprint density at radius 1 is 1.19 bits per heavy atom. The number of rotatable bonds is 3. The molecule has 1 aliphatic rings. The molecular formula is C17H17NO3. The van der Waals surface area contributed by atoms with Crippen molar-refractivity contribution in [3.05, 3.63) is 59.7 Å². The molecule has 0 N–H and O–H groups in total. The van der Waals surface area contributed by atoms with E-state index in [0.717, 1.165) is 29.0 Å². The van der Waals surface area contributed by atoms with E-state index in [0.29, 0.717) is 13.2 Å². The van der Waals surface area contributed by atoms with E-state index in [2.05, 4.69) is 0 Å². The fourth-order valence-corrected chi connectivity index (χ4v) is 2.49. The molecule has 0 aromatic heterocycles. The summed E-state index contributed by atoms with van der Waals surface area (Å²) >= 11 is 0. The van der Waals surface area contributed by atoms with Crippen LogP contribution in [0.1, 0.15) is 11.1 Å². The van der Waals surface area contributed by atoms with Crippen LogP contribution < -0.4 is 9.64 Å². The van der Waals surface area contributed by atoms with Crippen LogP contribution in [-0.2, 0) is 17.8 Å². The minimum atomic E-state index is -0.303. The molecule has 0 aliphatic carbocycles. The van der Waals surface area contributed by atoms with Crippen LogP contribution in [0.4, 0.5) is 10.5 Å². The predicted molar refractivity (Wildman–Crippen MR) is 80.7 cm³/mol. The standard InChI is InChI=1S/C17H17NO3/c1-20-15-7-8-16-14(11-15)9-10-18(16)17(19)21-12-13-5-3-2-4-6-13/h2-8,11H,9-10,12H2,1H3. The number of fused-ring (bicyclic) bond motifs is 1. The van der Waals surface area contributed by atoms with Crippen molar-refractivity contribution >= 4 is 11.8 Å². The molecule has 2 aromatic rings. The second-order valence-corrected chi connectivity index (χ2v) is 4.94. The van der Waals surface area contributed by atoms with Crippen LogP contribution in [0.2, 0.25) is 0 Å². The van der Waals surface area contributed by atoms with Crippen molar-refractivity contribution in [3.63, 3.8) is 0 Å². The monoisotopic (exact) mass is 283 g/mol. The van der Waals surface area contributed by atoms with E-state index in [4.69, 9.17) is 9.47 Å². The topological polar surface area (TPSA) is 38.8 Å². The Morgan fingerprint density at radius 2 is 2.00 bits per heavy atom. The van der Waals surface area contributed by atoms with Gasteiger partial charge in [-0.15, -0.1) is 0 Å². The third-order valence-electron chi connectivity index (χ3n) is 3.61. The number of amides is 1. The van der Waals surface area contributed by atoms with Crippen molar-refractivity contribution in [3.8, 4) is 5.75 Å². The normalized spacial score (nSPS) is 12.9. The molecule has 0 unspecified atom stereocenters. The van der Waals surface area contributed by atoms with E-state index >= 15 is 0 Å². The molecule has 0 atom stereocenters. The van der Waals surface area contributed by atoms with E-state index in [1.807, 2.05) is 48.5 Å². The summed E-state index contributed by atoms with van der Waals surface area (Å²) < 4.78 is 10.6. The summed E-state index contributed by atoms with van der Waals surface area (Å²) in [5, 5.41) is 0. The van der Waals surface area contributed by atoms with Gasteiger partial charge in [0.2, 0.25) is 0 Å². The van der Waals surface area contributed by atoms with Crippen molar-refractivity contribution in [1.29, 1.82) is 0 Å². The Labute approximate surface area is 123 Å². The van der Waals surface area contributed by atoms with Gasteiger partial charge in [0.15, 0.2) is 0 Å². The van der Waals surface area contributed by atoms with Crippen LogP contribution in [0, 0.1) is 0 Å². The van der Waals surface area contributed by atoms with Gasteiger partial charge in [0.25, 0.3) is 0 Å². The molecule has 0 bridgehead atoms. The van der Waals surface area contributed by atoms with Crippen molar-refractivity contribution in [2.75, 3.05) is 18.6 Å². The second-order valence-electron chi connectivity index (χ2n) is 4.94. The van der Waals surface area contributed by atoms with Gasteiger partial charge < -0.3 is 9.47 Å². The molecule has 108 valence electrons. The third-order valence-corrected chi connectivity index (χ3v) is 3.61. The predicted octanol–water partition coefficient (Wildman–Crippen LogP) is 3.39. The molecule has 2 aromatic carbocycles. The minimum absolute atomic E-state index is 0.293. The zero-order chi connectivity index (χ0) is 14.7. The van der Waals surface area contributed by atoms with Crippen LogP contribution in [-0.4, -0.2) is 19.7 Å². The average molecular weight is 283 g/mol. The first-order valence-electron chi connectivity index (χ1n) is 6.93. The van der Waals surface area contributed by atoms with Gasteiger partial charge in [0.05, 0.1) is 12.8 Å². The minimum Gasteiger partial charge on any atom is -0.497 e. The summed E-state index contributed by atoms with van der Waals surface area (Å²) in [6.45, 7) is 0.942. The van der Waals surface area contributed by atoms with E-state index in [1.165, 1.54) is 0 Å². The Kier molecular flexibility index (Phi) is 3.77. The molecule has 0 saturated carbocycles. The van der Waals surface area contributed by atoms with Gasteiger partial charge in [0, 0.05) is 6.54 Å². The molecule has 4 nitrogen and oxygen atoms in total. The number of benzene rings is 2. The number of hydrogen-bond donors (Lipinski definition) is 0. The van der Waals surface area contributed by atoms with Gasteiger partial charge in [-0.3, -0.25) is 4.90 Å². The summed E-state index contributed by atoms with van der Waals surface area (Å²) in [5.41, 5.74) is 3.01. The number of anilines is 1. The highest BCUT2D eigenvalue weighted by Gasteiger charge is 2.26. The largest absolute Gasteiger partial charge is 0.497 e. The number of nitrogens with zero attached hydrogens (tertiary/aromatic N) is 1. The molecule has 0 saturated heterocycles. The number of methoxy groups -OCH3 is 1. The molecule has 1 heterocycles. The van der Waals surface area contributed by atoms with Crippen LogP contribution in [0.5, 0.6) is 5.75 Å². The molecule has 0 spiro atoms. The lowest BCUT2D eigenvalue weighted by Crippen LogP contribution is -2.29. The molecule has 21 heavy (non-hydrogen) atoms. The van der Waals surface area contributed by atoms with E-state index in [9.17, 15) is 4.79 Å². The van der Waals surface area contributed by atoms with Crippen molar-refractivity contribution in [2.45, 2.75) is 13.0 Å². The van der Waals surface area contributed by atoms with Crippen molar-refractivity contribution in [2.24, 2.45) is 0 Å².